The Balaban J connectivity index is 2.77. The largest absolute Gasteiger partial charge is 0.141 e. The van der Waals surface area contributed by atoms with E-state index in [1.165, 1.54) is 15.3 Å². The van der Waals surface area contributed by atoms with Gasteiger partial charge in [0.2, 0.25) is 0 Å². The van der Waals surface area contributed by atoms with Crippen molar-refractivity contribution in [2.24, 2.45) is 0 Å². The summed E-state index contributed by atoms with van der Waals surface area (Å²) in [7, 11) is 0. The lowest BCUT2D eigenvalue weighted by Crippen LogP contribution is -1.79. The lowest BCUT2D eigenvalue weighted by Gasteiger charge is -1.95. The van der Waals surface area contributed by atoms with Crippen LogP contribution in [0, 0.1) is 0 Å². The van der Waals surface area contributed by atoms with Gasteiger partial charge in [0.05, 0.1) is 0 Å². The first-order chi connectivity index (χ1) is 6.30. The Morgan fingerprint density at radius 2 is 2.23 bits per heavy atom. The van der Waals surface area contributed by atoms with E-state index in [1.807, 2.05) is 11.3 Å². The molecule has 1 heterocycles. The lowest BCUT2D eigenvalue weighted by molar-refractivity contribution is 1.12. The molecule has 0 bridgehead atoms. The van der Waals surface area contributed by atoms with Crippen LogP contribution >= 0.6 is 22.9 Å². The lowest BCUT2D eigenvalue weighted by atomic mass is 10.2. The fraction of sp³-hybridized carbons (Fsp3) is 0.455. The van der Waals surface area contributed by atoms with Crippen molar-refractivity contribution in [3.05, 3.63) is 27.5 Å². The third kappa shape index (κ3) is 3.17. The van der Waals surface area contributed by atoms with E-state index in [0.29, 0.717) is 5.88 Å². The smallest absolute Gasteiger partial charge is 0.0437 e. The summed E-state index contributed by atoms with van der Waals surface area (Å²) in [5, 5.41) is 0. The van der Waals surface area contributed by atoms with Crippen LogP contribution in [0.25, 0.3) is 6.08 Å². The van der Waals surface area contributed by atoms with E-state index >= 15 is 0 Å². The van der Waals surface area contributed by atoms with Gasteiger partial charge in [-0.25, -0.2) is 0 Å². The number of rotatable bonds is 4. The molecular formula is C11H15ClS. The van der Waals surface area contributed by atoms with E-state index in [-0.39, 0.29) is 0 Å². The molecule has 0 aromatic carbocycles. The predicted molar refractivity (Wildman–Crippen MR) is 62.7 cm³/mol. The molecule has 0 aliphatic rings. The minimum atomic E-state index is 0.649. The molecule has 0 fully saturated rings. The number of allylic oxidation sites excluding steroid dienone is 1. The summed E-state index contributed by atoms with van der Waals surface area (Å²) in [6.45, 7) is 4.32. The molecule has 0 N–H and O–H groups in total. The molecule has 1 rings (SSSR count). The molecule has 1 aromatic rings. The van der Waals surface area contributed by atoms with Crippen LogP contribution in [0.2, 0.25) is 0 Å². The van der Waals surface area contributed by atoms with Gasteiger partial charge < -0.3 is 0 Å². The molecule has 0 aliphatic heterocycles. The van der Waals surface area contributed by atoms with Crippen molar-refractivity contribution in [1.82, 2.24) is 0 Å². The third-order valence-electron chi connectivity index (χ3n) is 2.00. The van der Waals surface area contributed by atoms with Gasteiger partial charge in [0.15, 0.2) is 0 Å². The Morgan fingerprint density at radius 3 is 2.69 bits per heavy atom. The van der Waals surface area contributed by atoms with Crippen LogP contribution in [0.4, 0.5) is 0 Å². The Kier molecular flexibility index (Phi) is 4.54. The first-order valence-electron chi connectivity index (χ1n) is 4.64. The molecule has 0 unspecified atom stereocenters. The molecule has 0 atom stereocenters. The van der Waals surface area contributed by atoms with E-state index in [2.05, 4.69) is 32.1 Å². The second-order valence-electron chi connectivity index (χ2n) is 2.95. The molecule has 0 radical (unpaired) electrons. The molecule has 72 valence electrons. The van der Waals surface area contributed by atoms with Crippen LogP contribution in [0.1, 0.15) is 30.0 Å². The van der Waals surface area contributed by atoms with E-state index in [9.17, 15) is 0 Å². The van der Waals surface area contributed by atoms with Gasteiger partial charge in [-0.1, -0.05) is 19.4 Å². The Bertz CT molecular complexity index is 280. The first-order valence-corrected chi connectivity index (χ1v) is 5.99. The van der Waals surface area contributed by atoms with Crippen LogP contribution in [-0.4, -0.2) is 5.88 Å². The van der Waals surface area contributed by atoms with Gasteiger partial charge in [0.25, 0.3) is 0 Å². The highest BCUT2D eigenvalue weighted by Crippen LogP contribution is 2.20. The molecule has 0 aliphatic carbocycles. The molecule has 1 aromatic heterocycles. The summed E-state index contributed by atoms with van der Waals surface area (Å²) in [4.78, 5) is 2.77. The molecule has 0 nitrogen and oxygen atoms in total. The highest BCUT2D eigenvalue weighted by Gasteiger charge is 1.97. The van der Waals surface area contributed by atoms with Gasteiger partial charge in [-0.2, -0.15) is 0 Å². The second kappa shape index (κ2) is 5.46. The quantitative estimate of drug-likeness (QED) is 0.654. The summed E-state index contributed by atoms with van der Waals surface area (Å²) in [6.07, 6.45) is 4.38. The van der Waals surface area contributed by atoms with Crippen molar-refractivity contribution in [1.29, 1.82) is 0 Å². The highest BCUT2D eigenvalue weighted by atomic mass is 35.5. The van der Waals surface area contributed by atoms with Crippen molar-refractivity contribution < 1.29 is 0 Å². The van der Waals surface area contributed by atoms with Gasteiger partial charge in [-0.3, -0.25) is 0 Å². The van der Waals surface area contributed by atoms with Crippen molar-refractivity contribution >= 4 is 29.0 Å². The van der Waals surface area contributed by atoms with E-state index in [0.717, 1.165) is 12.8 Å². The van der Waals surface area contributed by atoms with Crippen LogP contribution in [0.15, 0.2) is 17.7 Å². The van der Waals surface area contributed by atoms with Crippen molar-refractivity contribution in [3.8, 4) is 0 Å². The minimum Gasteiger partial charge on any atom is -0.141 e. The second-order valence-corrected chi connectivity index (χ2v) is 4.41. The molecule has 13 heavy (non-hydrogen) atoms. The average Bonchev–Trinajstić information content (AvgIpc) is 2.61. The predicted octanol–water partition coefficient (Wildman–Crippen LogP) is 4.34. The number of hydrogen-bond acceptors (Lipinski definition) is 1. The zero-order chi connectivity index (χ0) is 9.68. The van der Waals surface area contributed by atoms with Crippen LogP contribution in [0.5, 0.6) is 0 Å². The maximum atomic E-state index is 5.79. The topological polar surface area (TPSA) is 0 Å². The Morgan fingerprint density at radius 1 is 1.46 bits per heavy atom. The minimum absolute atomic E-state index is 0.649. The van der Waals surface area contributed by atoms with Crippen molar-refractivity contribution in [2.75, 3.05) is 5.88 Å². The number of alkyl halides is 1. The summed E-state index contributed by atoms with van der Waals surface area (Å²) in [5.41, 5.74) is 1.31. The van der Waals surface area contributed by atoms with Gasteiger partial charge in [-0.15, -0.1) is 22.9 Å². The molecule has 0 spiro atoms. The Labute approximate surface area is 89.2 Å². The third-order valence-corrected chi connectivity index (χ3v) is 3.52. The summed E-state index contributed by atoms with van der Waals surface area (Å²) >= 11 is 7.65. The SMILES string of the molecule is CCC(=Cc1ccc(CC)s1)CCl. The normalized spacial score (nSPS) is 12.1. The fourth-order valence-electron chi connectivity index (χ4n) is 1.10. The van der Waals surface area contributed by atoms with Crippen LogP contribution in [-0.2, 0) is 6.42 Å². The van der Waals surface area contributed by atoms with E-state index < -0.39 is 0 Å². The summed E-state index contributed by atoms with van der Waals surface area (Å²) in [6, 6.07) is 4.36. The van der Waals surface area contributed by atoms with Crippen LogP contribution < -0.4 is 0 Å². The molecular weight excluding hydrogens is 200 g/mol. The molecule has 0 amide bonds. The van der Waals surface area contributed by atoms with Gasteiger partial charge >= 0.3 is 0 Å². The maximum absolute atomic E-state index is 5.79. The molecule has 2 heteroatoms. The van der Waals surface area contributed by atoms with E-state index in [4.69, 9.17) is 11.6 Å². The standard InChI is InChI=1S/C11H15ClS/c1-3-9(8-12)7-11-6-5-10(4-2)13-11/h5-7H,3-4,8H2,1-2H3. The van der Waals surface area contributed by atoms with E-state index in [1.54, 1.807) is 0 Å². The maximum Gasteiger partial charge on any atom is 0.0437 e. The highest BCUT2D eigenvalue weighted by molar-refractivity contribution is 7.12. The zero-order valence-corrected chi connectivity index (χ0v) is 9.71. The number of hydrogen-bond donors (Lipinski definition) is 0. The monoisotopic (exact) mass is 214 g/mol. The van der Waals surface area contributed by atoms with Gasteiger partial charge in [0.1, 0.15) is 0 Å². The van der Waals surface area contributed by atoms with Gasteiger partial charge in [-0.05, 0) is 31.1 Å². The molecule has 0 saturated carbocycles. The summed E-state index contributed by atoms with van der Waals surface area (Å²) in [5.74, 6) is 0.649. The number of thiophene rings is 1. The van der Waals surface area contributed by atoms with Crippen LogP contribution in [0.3, 0.4) is 0 Å². The average molecular weight is 215 g/mol. The Hall–Kier alpha value is -0.270. The fourth-order valence-corrected chi connectivity index (χ4v) is 2.31. The van der Waals surface area contributed by atoms with Crippen molar-refractivity contribution in [3.63, 3.8) is 0 Å². The summed E-state index contributed by atoms with van der Waals surface area (Å²) < 4.78 is 0. The zero-order valence-electron chi connectivity index (χ0n) is 8.14. The number of halogens is 1. The van der Waals surface area contributed by atoms with Gasteiger partial charge in [0, 0.05) is 15.6 Å². The number of aryl methyl sites for hydroxylation is 1. The molecule has 0 saturated heterocycles. The first kappa shape index (κ1) is 10.8. The van der Waals surface area contributed by atoms with Crippen molar-refractivity contribution in [2.45, 2.75) is 26.7 Å².